The standard InChI is InChI=1S/C17H13N3S/c1-10-7-11-3-2-6-18-15(11)9-13(10)17-19-14-5-4-12(21)8-16(14)20-17/h2-9,21H,1H3,(H,19,20). The minimum atomic E-state index is 0.869. The van der Waals surface area contributed by atoms with Crippen molar-refractivity contribution in [2.75, 3.05) is 0 Å². The number of aromatic nitrogens is 3. The first-order chi connectivity index (χ1) is 10.2. The van der Waals surface area contributed by atoms with Crippen LogP contribution in [0.2, 0.25) is 0 Å². The Balaban J connectivity index is 1.96. The average Bonchev–Trinajstić information content (AvgIpc) is 2.89. The minimum Gasteiger partial charge on any atom is -0.338 e. The summed E-state index contributed by atoms with van der Waals surface area (Å²) in [6, 6.07) is 14.2. The number of aryl methyl sites for hydroxylation is 1. The number of nitrogens with zero attached hydrogens (tertiary/aromatic N) is 2. The third-order valence-electron chi connectivity index (χ3n) is 3.67. The Labute approximate surface area is 127 Å². The number of rotatable bonds is 1. The van der Waals surface area contributed by atoms with Gasteiger partial charge in [-0.25, -0.2) is 4.98 Å². The monoisotopic (exact) mass is 291 g/mol. The van der Waals surface area contributed by atoms with Gasteiger partial charge < -0.3 is 4.98 Å². The molecule has 2 aromatic heterocycles. The second-order valence-corrected chi connectivity index (χ2v) is 5.67. The summed E-state index contributed by atoms with van der Waals surface area (Å²) in [5.41, 5.74) is 5.19. The van der Waals surface area contributed by atoms with Crippen molar-refractivity contribution in [3.05, 3.63) is 54.2 Å². The van der Waals surface area contributed by atoms with Crippen LogP contribution < -0.4 is 0 Å². The number of thiol groups is 1. The number of H-pyrrole nitrogens is 1. The number of pyridine rings is 1. The summed E-state index contributed by atoms with van der Waals surface area (Å²) in [7, 11) is 0. The van der Waals surface area contributed by atoms with Gasteiger partial charge in [0, 0.05) is 22.0 Å². The molecule has 4 rings (SSSR count). The second kappa shape index (κ2) is 4.60. The first kappa shape index (κ1) is 12.4. The number of imidazole rings is 1. The normalized spacial score (nSPS) is 11.3. The Morgan fingerprint density at radius 2 is 1.95 bits per heavy atom. The molecule has 0 amide bonds. The van der Waals surface area contributed by atoms with Gasteiger partial charge in [-0.05, 0) is 48.9 Å². The van der Waals surface area contributed by atoms with E-state index in [1.165, 1.54) is 5.56 Å². The van der Waals surface area contributed by atoms with E-state index in [9.17, 15) is 0 Å². The predicted molar refractivity (Wildman–Crippen MR) is 88.8 cm³/mol. The SMILES string of the molecule is Cc1cc2cccnc2cc1-c1nc2ccc(S)cc2[nH]1. The Hall–Kier alpha value is -2.33. The molecule has 21 heavy (non-hydrogen) atoms. The molecule has 0 unspecified atom stereocenters. The van der Waals surface area contributed by atoms with E-state index in [4.69, 9.17) is 0 Å². The molecule has 0 saturated heterocycles. The summed E-state index contributed by atoms with van der Waals surface area (Å²) in [6.45, 7) is 2.10. The zero-order chi connectivity index (χ0) is 14.4. The largest absolute Gasteiger partial charge is 0.338 e. The third-order valence-corrected chi connectivity index (χ3v) is 3.95. The van der Waals surface area contributed by atoms with Gasteiger partial charge in [0.15, 0.2) is 0 Å². The molecule has 4 aromatic rings. The highest BCUT2D eigenvalue weighted by atomic mass is 32.1. The molecule has 4 heteroatoms. The highest BCUT2D eigenvalue weighted by Crippen LogP contribution is 2.27. The Morgan fingerprint density at radius 1 is 1.05 bits per heavy atom. The first-order valence-electron chi connectivity index (χ1n) is 6.75. The fourth-order valence-electron chi connectivity index (χ4n) is 2.61. The molecule has 0 atom stereocenters. The summed E-state index contributed by atoms with van der Waals surface area (Å²) in [5.74, 6) is 0.869. The van der Waals surface area contributed by atoms with E-state index in [0.717, 1.165) is 38.2 Å². The molecule has 102 valence electrons. The molecule has 3 nitrogen and oxygen atoms in total. The first-order valence-corrected chi connectivity index (χ1v) is 7.20. The summed E-state index contributed by atoms with van der Waals surface area (Å²) < 4.78 is 0. The van der Waals surface area contributed by atoms with E-state index in [1.807, 2.05) is 30.5 Å². The lowest BCUT2D eigenvalue weighted by Gasteiger charge is -2.05. The van der Waals surface area contributed by atoms with Crippen molar-refractivity contribution < 1.29 is 0 Å². The van der Waals surface area contributed by atoms with Crippen LogP contribution in [0.3, 0.4) is 0 Å². The van der Waals surface area contributed by atoms with E-state index >= 15 is 0 Å². The molecule has 0 aliphatic carbocycles. The molecule has 0 aliphatic rings. The quantitative estimate of drug-likeness (QED) is 0.511. The maximum absolute atomic E-state index is 4.67. The molecular weight excluding hydrogens is 278 g/mol. The van der Waals surface area contributed by atoms with E-state index in [1.54, 1.807) is 0 Å². The van der Waals surface area contributed by atoms with Crippen molar-refractivity contribution in [2.45, 2.75) is 11.8 Å². The second-order valence-electron chi connectivity index (χ2n) is 5.15. The topological polar surface area (TPSA) is 41.6 Å². The molecule has 2 heterocycles. The van der Waals surface area contributed by atoms with Crippen LogP contribution in [0.15, 0.2) is 53.6 Å². The van der Waals surface area contributed by atoms with Crippen LogP contribution in [0.4, 0.5) is 0 Å². The number of nitrogens with one attached hydrogen (secondary N) is 1. The van der Waals surface area contributed by atoms with Gasteiger partial charge in [-0.3, -0.25) is 4.98 Å². The molecule has 0 bridgehead atoms. The molecule has 0 spiro atoms. The van der Waals surface area contributed by atoms with Gasteiger partial charge in [-0.2, -0.15) is 0 Å². The maximum atomic E-state index is 4.67. The Bertz CT molecular complexity index is 972. The van der Waals surface area contributed by atoms with Gasteiger partial charge in [0.1, 0.15) is 5.82 Å². The van der Waals surface area contributed by atoms with Crippen LogP contribution in [0.1, 0.15) is 5.56 Å². The van der Waals surface area contributed by atoms with Crippen LogP contribution in [-0.4, -0.2) is 15.0 Å². The number of aromatic amines is 1. The lowest BCUT2D eigenvalue weighted by atomic mass is 10.0. The van der Waals surface area contributed by atoms with Crippen molar-refractivity contribution in [1.82, 2.24) is 15.0 Å². The number of fused-ring (bicyclic) bond motifs is 2. The van der Waals surface area contributed by atoms with Gasteiger partial charge in [0.2, 0.25) is 0 Å². The van der Waals surface area contributed by atoms with Gasteiger partial charge in [0.25, 0.3) is 0 Å². The van der Waals surface area contributed by atoms with Crippen molar-refractivity contribution in [3.8, 4) is 11.4 Å². The number of benzene rings is 2. The van der Waals surface area contributed by atoms with Crippen LogP contribution >= 0.6 is 12.6 Å². The van der Waals surface area contributed by atoms with Crippen LogP contribution in [-0.2, 0) is 0 Å². The minimum absolute atomic E-state index is 0.869. The van der Waals surface area contributed by atoms with E-state index in [-0.39, 0.29) is 0 Å². The zero-order valence-electron chi connectivity index (χ0n) is 11.5. The predicted octanol–water partition coefficient (Wildman–Crippen LogP) is 4.38. The highest BCUT2D eigenvalue weighted by Gasteiger charge is 2.09. The van der Waals surface area contributed by atoms with Crippen molar-refractivity contribution in [3.63, 3.8) is 0 Å². The summed E-state index contributed by atoms with van der Waals surface area (Å²) in [5, 5.41) is 1.15. The summed E-state index contributed by atoms with van der Waals surface area (Å²) in [6.07, 6.45) is 1.81. The zero-order valence-corrected chi connectivity index (χ0v) is 12.4. The summed E-state index contributed by atoms with van der Waals surface area (Å²) in [4.78, 5) is 13.4. The van der Waals surface area contributed by atoms with Gasteiger partial charge >= 0.3 is 0 Å². The Morgan fingerprint density at radius 3 is 2.86 bits per heavy atom. The molecule has 1 N–H and O–H groups in total. The van der Waals surface area contributed by atoms with Crippen LogP contribution in [0.25, 0.3) is 33.3 Å². The highest BCUT2D eigenvalue weighted by molar-refractivity contribution is 7.80. The number of hydrogen-bond acceptors (Lipinski definition) is 3. The molecule has 0 saturated carbocycles. The lowest BCUT2D eigenvalue weighted by molar-refractivity contribution is 1.30. The maximum Gasteiger partial charge on any atom is 0.138 e. The smallest absolute Gasteiger partial charge is 0.138 e. The van der Waals surface area contributed by atoms with E-state index in [0.29, 0.717) is 0 Å². The van der Waals surface area contributed by atoms with Crippen molar-refractivity contribution >= 4 is 34.6 Å². The van der Waals surface area contributed by atoms with E-state index < -0.39 is 0 Å². The molecule has 2 aromatic carbocycles. The van der Waals surface area contributed by atoms with Crippen molar-refractivity contribution in [2.24, 2.45) is 0 Å². The molecule has 0 fully saturated rings. The molecule has 0 aliphatic heterocycles. The van der Waals surface area contributed by atoms with Crippen LogP contribution in [0, 0.1) is 6.92 Å². The Kier molecular flexibility index (Phi) is 2.72. The summed E-state index contributed by atoms with van der Waals surface area (Å²) >= 11 is 4.37. The molecular formula is C17H13N3S. The van der Waals surface area contributed by atoms with Gasteiger partial charge in [0.05, 0.1) is 16.6 Å². The van der Waals surface area contributed by atoms with E-state index in [2.05, 4.69) is 52.7 Å². The lowest BCUT2D eigenvalue weighted by Crippen LogP contribution is -1.88. The van der Waals surface area contributed by atoms with Crippen molar-refractivity contribution in [1.29, 1.82) is 0 Å². The van der Waals surface area contributed by atoms with Gasteiger partial charge in [-0.1, -0.05) is 6.07 Å². The third kappa shape index (κ3) is 2.08. The fraction of sp³-hybridized carbons (Fsp3) is 0.0588. The van der Waals surface area contributed by atoms with Crippen LogP contribution in [0.5, 0.6) is 0 Å². The average molecular weight is 291 g/mol. The number of hydrogen-bond donors (Lipinski definition) is 2. The fourth-order valence-corrected chi connectivity index (χ4v) is 2.82. The molecule has 0 radical (unpaired) electrons. The van der Waals surface area contributed by atoms with Gasteiger partial charge in [-0.15, -0.1) is 12.6 Å².